The molecule has 9 heteroatoms. The number of hydrogen-bond donors (Lipinski definition) is 3. The number of nitrogens with one attached hydrogen (secondary N) is 3. The third kappa shape index (κ3) is 6.48. The van der Waals surface area contributed by atoms with Gasteiger partial charge >= 0.3 is 0 Å². The van der Waals surface area contributed by atoms with Gasteiger partial charge in [0.1, 0.15) is 0 Å². The van der Waals surface area contributed by atoms with Crippen molar-refractivity contribution in [2.45, 2.75) is 39.7 Å². The highest BCUT2D eigenvalue weighted by Gasteiger charge is 2.15. The molecule has 0 radical (unpaired) electrons. The SMILES string of the molecule is CC(=O)NCc1ccc(-c2csc(NC(=O)CNC(=O)c3ccc(C(C)(C)C)cc3)n2)s1. The summed E-state index contributed by atoms with van der Waals surface area (Å²) in [5.41, 5.74) is 2.42. The molecule has 0 unspecified atom stereocenters. The van der Waals surface area contributed by atoms with Crippen LogP contribution in [0.3, 0.4) is 0 Å². The number of aromatic nitrogens is 1. The van der Waals surface area contributed by atoms with E-state index in [1.165, 1.54) is 29.6 Å². The van der Waals surface area contributed by atoms with Crippen LogP contribution < -0.4 is 16.0 Å². The lowest BCUT2D eigenvalue weighted by Gasteiger charge is -2.19. The molecule has 3 N–H and O–H groups in total. The van der Waals surface area contributed by atoms with Crippen LogP contribution in [-0.2, 0) is 21.5 Å². The summed E-state index contributed by atoms with van der Waals surface area (Å²) in [4.78, 5) is 42.0. The van der Waals surface area contributed by atoms with Gasteiger partial charge < -0.3 is 16.0 Å². The smallest absolute Gasteiger partial charge is 0.251 e. The van der Waals surface area contributed by atoms with Crippen molar-refractivity contribution < 1.29 is 14.4 Å². The van der Waals surface area contributed by atoms with Gasteiger partial charge in [0.25, 0.3) is 5.91 Å². The zero-order valence-corrected chi connectivity index (χ0v) is 20.1. The van der Waals surface area contributed by atoms with Crippen LogP contribution in [-0.4, -0.2) is 29.3 Å². The summed E-state index contributed by atoms with van der Waals surface area (Å²) >= 11 is 2.85. The maximum absolute atomic E-state index is 12.3. The van der Waals surface area contributed by atoms with Crippen molar-refractivity contribution >= 4 is 45.5 Å². The molecule has 3 aromatic rings. The molecule has 3 amide bonds. The number of rotatable bonds is 7. The summed E-state index contributed by atoms with van der Waals surface area (Å²) < 4.78 is 0. The summed E-state index contributed by atoms with van der Waals surface area (Å²) in [5, 5.41) is 10.4. The first-order valence-electron chi connectivity index (χ1n) is 10.1. The number of carbonyl (C=O) groups excluding carboxylic acids is 3. The Kier molecular flexibility index (Phi) is 7.42. The Morgan fingerprint density at radius 1 is 1.00 bits per heavy atom. The van der Waals surface area contributed by atoms with Crippen LogP contribution in [0.1, 0.15) is 48.5 Å². The van der Waals surface area contributed by atoms with E-state index < -0.39 is 0 Å². The van der Waals surface area contributed by atoms with Gasteiger partial charge in [0.15, 0.2) is 5.13 Å². The van der Waals surface area contributed by atoms with E-state index in [1.54, 1.807) is 12.1 Å². The molecule has 0 saturated carbocycles. The predicted molar refractivity (Wildman–Crippen MR) is 129 cm³/mol. The van der Waals surface area contributed by atoms with Gasteiger partial charge in [-0.1, -0.05) is 32.9 Å². The Hall–Kier alpha value is -3.04. The molecule has 7 nitrogen and oxygen atoms in total. The average molecular weight is 471 g/mol. The van der Waals surface area contributed by atoms with Crippen molar-refractivity contribution in [3.63, 3.8) is 0 Å². The largest absolute Gasteiger partial charge is 0.351 e. The molecule has 0 atom stereocenters. The van der Waals surface area contributed by atoms with Gasteiger partial charge in [-0.2, -0.15) is 0 Å². The Labute approximate surface area is 195 Å². The second-order valence-corrected chi connectivity index (χ2v) is 10.3. The summed E-state index contributed by atoms with van der Waals surface area (Å²) in [7, 11) is 0. The molecule has 0 saturated heterocycles. The summed E-state index contributed by atoms with van der Waals surface area (Å²) in [6, 6.07) is 11.3. The number of thiophene rings is 1. The molecule has 0 spiro atoms. The monoisotopic (exact) mass is 470 g/mol. The van der Waals surface area contributed by atoms with E-state index in [2.05, 4.69) is 41.7 Å². The molecule has 1 aromatic carbocycles. The van der Waals surface area contributed by atoms with E-state index in [0.717, 1.165) is 21.0 Å². The maximum Gasteiger partial charge on any atom is 0.251 e. The quantitative estimate of drug-likeness (QED) is 0.482. The fourth-order valence-corrected chi connectivity index (χ4v) is 4.52. The van der Waals surface area contributed by atoms with Crippen LogP contribution in [0.2, 0.25) is 0 Å². The molecule has 168 valence electrons. The minimum atomic E-state index is -0.344. The van der Waals surface area contributed by atoms with Gasteiger partial charge in [-0.05, 0) is 35.2 Å². The lowest BCUT2D eigenvalue weighted by atomic mass is 9.87. The third-order valence-electron chi connectivity index (χ3n) is 4.60. The summed E-state index contributed by atoms with van der Waals surface area (Å²) in [6.07, 6.45) is 0. The van der Waals surface area contributed by atoms with Gasteiger partial charge in [0.05, 0.1) is 23.7 Å². The molecule has 2 heterocycles. The first-order valence-corrected chi connectivity index (χ1v) is 11.8. The molecular weight excluding hydrogens is 444 g/mol. The standard InChI is InChI=1S/C23H26N4O3S2/c1-14(28)24-11-17-9-10-19(32-17)18-13-31-22(26-18)27-20(29)12-25-21(30)15-5-7-16(8-6-15)23(2,3)4/h5-10,13H,11-12H2,1-4H3,(H,24,28)(H,25,30)(H,26,27,29). The third-order valence-corrected chi connectivity index (χ3v) is 6.46. The number of benzene rings is 1. The lowest BCUT2D eigenvalue weighted by molar-refractivity contribution is -0.119. The van der Waals surface area contributed by atoms with Gasteiger partial charge in [0.2, 0.25) is 11.8 Å². The zero-order valence-electron chi connectivity index (χ0n) is 18.4. The van der Waals surface area contributed by atoms with Gasteiger partial charge in [-0.15, -0.1) is 22.7 Å². The minimum absolute atomic E-state index is 0.0115. The molecular formula is C23H26N4O3S2. The minimum Gasteiger partial charge on any atom is -0.351 e. The Balaban J connectivity index is 1.51. The van der Waals surface area contributed by atoms with Crippen molar-refractivity contribution in [3.8, 4) is 10.6 Å². The predicted octanol–water partition coefficient (Wildman–Crippen LogP) is 4.17. The van der Waals surface area contributed by atoms with Crippen LogP contribution in [0, 0.1) is 0 Å². The Morgan fingerprint density at radius 2 is 1.72 bits per heavy atom. The topological polar surface area (TPSA) is 100 Å². The van der Waals surface area contributed by atoms with Crippen molar-refractivity contribution in [1.29, 1.82) is 0 Å². The molecule has 0 aliphatic carbocycles. The van der Waals surface area contributed by atoms with Crippen molar-refractivity contribution in [2.75, 3.05) is 11.9 Å². The average Bonchev–Trinajstić information content (AvgIpc) is 3.39. The Morgan fingerprint density at radius 3 is 2.38 bits per heavy atom. The first kappa shape index (κ1) is 23.6. The second kappa shape index (κ2) is 10.1. The molecule has 32 heavy (non-hydrogen) atoms. The van der Waals surface area contributed by atoms with E-state index in [1.807, 2.05) is 29.6 Å². The summed E-state index contributed by atoms with van der Waals surface area (Å²) in [6.45, 7) is 8.15. The van der Waals surface area contributed by atoms with E-state index in [-0.39, 0.29) is 29.7 Å². The van der Waals surface area contributed by atoms with Crippen LogP contribution >= 0.6 is 22.7 Å². The summed E-state index contributed by atoms with van der Waals surface area (Å²) in [5.74, 6) is -0.721. The number of thiazole rings is 1. The van der Waals surface area contributed by atoms with Crippen LogP contribution in [0.15, 0.2) is 41.8 Å². The van der Waals surface area contributed by atoms with Crippen molar-refractivity contribution in [2.24, 2.45) is 0 Å². The molecule has 0 aliphatic rings. The first-order chi connectivity index (χ1) is 15.1. The normalized spacial score (nSPS) is 11.1. The molecule has 2 aromatic heterocycles. The highest BCUT2D eigenvalue weighted by Crippen LogP contribution is 2.30. The second-order valence-electron chi connectivity index (χ2n) is 8.27. The van der Waals surface area contributed by atoms with E-state index in [4.69, 9.17) is 0 Å². The Bertz CT molecular complexity index is 1110. The van der Waals surface area contributed by atoms with Gasteiger partial charge in [0, 0.05) is 22.7 Å². The molecule has 0 aliphatic heterocycles. The number of hydrogen-bond acceptors (Lipinski definition) is 6. The van der Waals surface area contributed by atoms with Crippen molar-refractivity contribution in [1.82, 2.24) is 15.6 Å². The number of nitrogens with zero attached hydrogens (tertiary/aromatic N) is 1. The molecule has 0 bridgehead atoms. The molecule has 3 rings (SSSR count). The number of anilines is 1. The zero-order chi connectivity index (χ0) is 23.3. The highest BCUT2D eigenvalue weighted by molar-refractivity contribution is 7.17. The van der Waals surface area contributed by atoms with Crippen LogP contribution in [0.5, 0.6) is 0 Å². The number of carbonyl (C=O) groups is 3. The fraction of sp³-hybridized carbons (Fsp3) is 0.304. The number of amides is 3. The van der Waals surface area contributed by atoms with Crippen LogP contribution in [0.25, 0.3) is 10.6 Å². The van der Waals surface area contributed by atoms with Crippen molar-refractivity contribution in [3.05, 3.63) is 57.8 Å². The maximum atomic E-state index is 12.3. The van der Waals surface area contributed by atoms with Crippen LogP contribution in [0.4, 0.5) is 5.13 Å². The van der Waals surface area contributed by atoms with Gasteiger partial charge in [-0.25, -0.2) is 4.98 Å². The fourth-order valence-electron chi connectivity index (χ4n) is 2.81. The van der Waals surface area contributed by atoms with E-state index >= 15 is 0 Å². The molecule has 0 fully saturated rings. The highest BCUT2D eigenvalue weighted by atomic mass is 32.1. The van der Waals surface area contributed by atoms with E-state index in [9.17, 15) is 14.4 Å². The van der Waals surface area contributed by atoms with E-state index in [0.29, 0.717) is 17.2 Å². The van der Waals surface area contributed by atoms with Gasteiger partial charge in [-0.3, -0.25) is 14.4 Å². The lowest BCUT2D eigenvalue weighted by Crippen LogP contribution is -2.32.